The largest absolute Gasteiger partial charge is 0.401 e. The molecule has 0 aliphatic carbocycles. The highest BCUT2D eigenvalue weighted by atomic mass is 32.1. The first-order valence-corrected chi connectivity index (χ1v) is 5.71. The summed E-state index contributed by atoms with van der Waals surface area (Å²) in [7, 11) is 1.41. The summed E-state index contributed by atoms with van der Waals surface area (Å²) >= 11 is 1.36. The van der Waals surface area contributed by atoms with Crippen LogP contribution in [0.15, 0.2) is 11.4 Å². The highest BCUT2D eigenvalue weighted by Gasteiger charge is 2.29. The third-order valence-corrected chi connectivity index (χ3v) is 2.82. The first-order chi connectivity index (χ1) is 7.92. The zero-order chi connectivity index (χ0) is 12.9. The highest BCUT2D eigenvalue weighted by Crippen LogP contribution is 2.21. The Hall–Kier alpha value is -1.03. The Bertz CT molecular complexity index is 416. The van der Waals surface area contributed by atoms with E-state index in [1.165, 1.54) is 23.3 Å². The van der Waals surface area contributed by atoms with E-state index in [4.69, 9.17) is 5.11 Å². The summed E-state index contributed by atoms with van der Waals surface area (Å²) in [5.74, 6) is 5.20. The number of aliphatic hydroxyl groups excluding tert-OH is 1. The fourth-order valence-electron chi connectivity index (χ4n) is 1.32. The minimum absolute atomic E-state index is 0.201. The molecule has 0 aliphatic rings. The van der Waals surface area contributed by atoms with E-state index in [0.29, 0.717) is 5.56 Å². The third kappa shape index (κ3) is 5.22. The minimum atomic E-state index is -4.19. The monoisotopic (exact) mass is 263 g/mol. The van der Waals surface area contributed by atoms with Crippen molar-refractivity contribution >= 4 is 11.3 Å². The maximum Gasteiger partial charge on any atom is 0.401 e. The lowest BCUT2D eigenvalue weighted by molar-refractivity contribution is -0.143. The molecule has 0 spiro atoms. The third-order valence-electron chi connectivity index (χ3n) is 1.91. The van der Waals surface area contributed by atoms with Crippen LogP contribution in [-0.2, 0) is 6.54 Å². The first-order valence-electron chi connectivity index (χ1n) is 4.84. The van der Waals surface area contributed by atoms with Gasteiger partial charge in [0.15, 0.2) is 0 Å². The fourth-order valence-corrected chi connectivity index (χ4v) is 2.23. The Morgan fingerprint density at radius 2 is 2.18 bits per heavy atom. The smallest absolute Gasteiger partial charge is 0.384 e. The summed E-state index contributed by atoms with van der Waals surface area (Å²) in [6.45, 7) is -1.00. The van der Waals surface area contributed by atoms with Gasteiger partial charge in [0.05, 0.1) is 6.54 Å². The van der Waals surface area contributed by atoms with Crippen molar-refractivity contribution < 1.29 is 18.3 Å². The Balaban J connectivity index is 2.65. The van der Waals surface area contributed by atoms with E-state index in [1.807, 2.05) is 0 Å². The average Bonchev–Trinajstić information content (AvgIpc) is 2.59. The van der Waals surface area contributed by atoms with E-state index in [9.17, 15) is 13.2 Å². The molecule has 6 heteroatoms. The molecule has 0 aromatic carbocycles. The summed E-state index contributed by atoms with van der Waals surface area (Å²) in [4.78, 5) is 1.97. The number of halogens is 3. The van der Waals surface area contributed by atoms with E-state index in [1.54, 1.807) is 11.4 Å². The predicted octanol–water partition coefficient (Wildman–Crippen LogP) is 2.09. The second-order valence-corrected chi connectivity index (χ2v) is 4.51. The van der Waals surface area contributed by atoms with Gasteiger partial charge in [0, 0.05) is 17.0 Å². The van der Waals surface area contributed by atoms with Gasteiger partial charge in [0.2, 0.25) is 0 Å². The lowest BCUT2D eigenvalue weighted by Gasteiger charge is -2.17. The van der Waals surface area contributed by atoms with Crippen molar-refractivity contribution in [3.05, 3.63) is 21.9 Å². The highest BCUT2D eigenvalue weighted by molar-refractivity contribution is 7.10. The van der Waals surface area contributed by atoms with Crippen LogP contribution in [0.3, 0.4) is 0 Å². The van der Waals surface area contributed by atoms with Crippen LogP contribution in [0.2, 0.25) is 0 Å². The van der Waals surface area contributed by atoms with Gasteiger partial charge in [-0.3, -0.25) is 4.90 Å². The van der Waals surface area contributed by atoms with Crippen LogP contribution < -0.4 is 0 Å². The summed E-state index contributed by atoms with van der Waals surface area (Å²) in [5.41, 5.74) is 0.679. The molecule has 0 radical (unpaired) electrons. The Morgan fingerprint density at radius 3 is 2.76 bits per heavy atom. The molecule has 0 amide bonds. The van der Waals surface area contributed by atoms with Crippen molar-refractivity contribution in [2.75, 3.05) is 20.2 Å². The summed E-state index contributed by atoms with van der Waals surface area (Å²) in [6.07, 6.45) is -4.19. The number of aliphatic hydroxyl groups is 1. The lowest BCUT2D eigenvalue weighted by atomic mass is 10.2. The van der Waals surface area contributed by atoms with Gasteiger partial charge in [0.1, 0.15) is 6.61 Å². The molecule has 94 valence electrons. The van der Waals surface area contributed by atoms with Crippen molar-refractivity contribution in [2.24, 2.45) is 0 Å². The number of nitrogens with zero attached hydrogens (tertiary/aromatic N) is 1. The molecule has 1 N–H and O–H groups in total. The van der Waals surface area contributed by atoms with Crippen LogP contribution in [0.25, 0.3) is 0 Å². The van der Waals surface area contributed by atoms with E-state index in [0.717, 1.165) is 4.88 Å². The second-order valence-electron chi connectivity index (χ2n) is 3.50. The molecular formula is C11H12F3NOS. The Labute approximate surface area is 102 Å². The van der Waals surface area contributed by atoms with Crippen LogP contribution in [0.1, 0.15) is 10.4 Å². The van der Waals surface area contributed by atoms with Gasteiger partial charge in [-0.2, -0.15) is 13.2 Å². The summed E-state index contributed by atoms with van der Waals surface area (Å²) in [6, 6.07) is 1.74. The molecule has 0 unspecified atom stereocenters. The molecule has 0 bridgehead atoms. The van der Waals surface area contributed by atoms with Gasteiger partial charge in [-0.1, -0.05) is 11.8 Å². The maximum atomic E-state index is 12.1. The number of hydrogen-bond donors (Lipinski definition) is 1. The molecule has 1 aromatic heterocycles. The van der Waals surface area contributed by atoms with Crippen molar-refractivity contribution in [3.8, 4) is 11.8 Å². The second kappa shape index (κ2) is 6.05. The van der Waals surface area contributed by atoms with E-state index in [-0.39, 0.29) is 13.2 Å². The van der Waals surface area contributed by atoms with Gasteiger partial charge in [-0.15, -0.1) is 11.3 Å². The van der Waals surface area contributed by atoms with Gasteiger partial charge >= 0.3 is 6.18 Å². The Morgan fingerprint density at radius 1 is 1.47 bits per heavy atom. The summed E-state index contributed by atoms with van der Waals surface area (Å²) in [5, 5.41) is 10.3. The number of rotatable bonds is 3. The first kappa shape index (κ1) is 14.0. The molecule has 17 heavy (non-hydrogen) atoms. The summed E-state index contributed by atoms with van der Waals surface area (Å²) < 4.78 is 36.4. The Kier molecular flexibility index (Phi) is 5.00. The normalized spacial score (nSPS) is 11.4. The zero-order valence-electron chi connectivity index (χ0n) is 9.21. The van der Waals surface area contributed by atoms with Crippen molar-refractivity contribution in [2.45, 2.75) is 12.7 Å². The van der Waals surface area contributed by atoms with Crippen LogP contribution in [-0.4, -0.2) is 36.4 Å². The van der Waals surface area contributed by atoms with Crippen LogP contribution in [0.4, 0.5) is 13.2 Å². The van der Waals surface area contributed by atoms with Gasteiger partial charge in [-0.05, 0) is 18.5 Å². The van der Waals surface area contributed by atoms with Gasteiger partial charge in [0.25, 0.3) is 0 Å². The fraction of sp³-hybridized carbons (Fsp3) is 0.455. The van der Waals surface area contributed by atoms with E-state index >= 15 is 0 Å². The van der Waals surface area contributed by atoms with Crippen LogP contribution in [0, 0.1) is 11.8 Å². The number of alkyl halides is 3. The molecule has 1 aromatic rings. The lowest BCUT2D eigenvalue weighted by Crippen LogP contribution is -2.30. The molecule has 0 saturated heterocycles. The minimum Gasteiger partial charge on any atom is -0.384 e. The van der Waals surface area contributed by atoms with Gasteiger partial charge in [-0.25, -0.2) is 0 Å². The van der Waals surface area contributed by atoms with Crippen molar-refractivity contribution in [1.29, 1.82) is 0 Å². The molecule has 0 saturated carbocycles. The van der Waals surface area contributed by atoms with Crippen molar-refractivity contribution in [1.82, 2.24) is 4.90 Å². The molecule has 1 rings (SSSR count). The van der Waals surface area contributed by atoms with Crippen molar-refractivity contribution in [3.63, 3.8) is 0 Å². The molecule has 0 atom stereocenters. The standard InChI is InChI=1S/C11H12F3NOS/c1-15(8-11(12,13)14)7-10-9(3-2-5-16)4-6-17-10/h4,6,16H,5,7-8H2,1H3. The molecule has 0 fully saturated rings. The van der Waals surface area contributed by atoms with E-state index in [2.05, 4.69) is 11.8 Å². The van der Waals surface area contributed by atoms with E-state index < -0.39 is 12.7 Å². The maximum absolute atomic E-state index is 12.1. The average molecular weight is 263 g/mol. The number of hydrogen-bond acceptors (Lipinski definition) is 3. The topological polar surface area (TPSA) is 23.5 Å². The molecule has 1 heterocycles. The SMILES string of the molecule is CN(Cc1sccc1C#CCO)CC(F)(F)F. The zero-order valence-corrected chi connectivity index (χ0v) is 10.0. The molecule has 0 aliphatic heterocycles. The van der Waals surface area contributed by atoms with Crippen LogP contribution >= 0.6 is 11.3 Å². The predicted molar refractivity (Wildman–Crippen MR) is 60.7 cm³/mol. The van der Waals surface area contributed by atoms with Gasteiger partial charge < -0.3 is 5.11 Å². The number of thiophene rings is 1. The molecular weight excluding hydrogens is 251 g/mol. The van der Waals surface area contributed by atoms with Crippen LogP contribution in [0.5, 0.6) is 0 Å². The molecule has 2 nitrogen and oxygen atoms in total. The quantitative estimate of drug-likeness (QED) is 0.844.